The van der Waals surface area contributed by atoms with Crippen LogP contribution in [0.15, 0.2) is 30.5 Å². The van der Waals surface area contributed by atoms with Gasteiger partial charge in [-0.15, -0.1) is 0 Å². The summed E-state index contributed by atoms with van der Waals surface area (Å²) in [6.45, 7) is -0.879. The molecule has 0 aliphatic carbocycles. The van der Waals surface area contributed by atoms with Crippen LogP contribution in [0.1, 0.15) is 15.9 Å². The molecule has 1 amide bonds. The van der Waals surface area contributed by atoms with Crippen molar-refractivity contribution >= 4 is 29.3 Å². The number of nitrogens with one attached hydrogen (secondary N) is 1. The van der Waals surface area contributed by atoms with E-state index in [1.807, 2.05) is 5.32 Å². The first-order chi connectivity index (χ1) is 12.1. The van der Waals surface area contributed by atoms with E-state index in [9.17, 15) is 31.5 Å². The average Bonchev–Trinajstić information content (AvgIpc) is 2.52. The molecule has 0 saturated carbocycles. The fourth-order valence-electron chi connectivity index (χ4n) is 1.74. The highest BCUT2D eigenvalue weighted by Gasteiger charge is 2.31. The van der Waals surface area contributed by atoms with Crippen LogP contribution in [-0.2, 0) is 15.7 Å². The minimum absolute atomic E-state index is 0.377. The van der Waals surface area contributed by atoms with Crippen LogP contribution in [0.2, 0.25) is 5.02 Å². The van der Waals surface area contributed by atoms with E-state index in [0.717, 1.165) is 0 Å². The normalized spacial score (nSPS) is 11.2. The second kappa shape index (κ2) is 7.65. The van der Waals surface area contributed by atoms with Crippen molar-refractivity contribution in [3.8, 4) is 0 Å². The molecule has 0 saturated heterocycles. The second-order valence-corrected chi connectivity index (χ2v) is 5.24. The second-order valence-electron chi connectivity index (χ2n) is 4.83. The fourth-order valence-corrected chi connectivity index (χ4v) is 1.95. The molecule has 26 heavy (non-hydrogen) atoms. The van der Waals surface area contributed by atoms with Crippen LogP contribution < -0.4 is 5.32 Å². The summed E-state index contributed by atoms with van der Waals surface area (Å²) in [5.74, 6) is -4.55. The topological polar surface area (TPSA) is 68.3 Å². The third-order valence-electron chi connectivity index (χ3n) is 2.86. The maximum Gasteiger partial charge on any atom is 0.417 e. The molecule has 2 aromatic rings. The van der Waals surface area contributed by atoms with Gasteiger partial charge in [0.1, 0.15) is 11.6 Å². The largest absolute Gasteiger partial charge is 0.452 e. The van der Waals surface area contributed by atoms with Gasteiger partial charge in [-0.1, -0.05) is 11.6 Å². The number of ether oxygens (including phenoxy) is 1. The summed E-state index contributed by atoms with van der Waals surface area (Å²) in [4.78, 5) is 26.7. The number of pyridine rings is 1. The zero-order valence-corrected chi connectivity index (χ0v) is 13.3. The van der Waals surface area contributed by atoms with E-state index in [2.05, 4.69) is 9.72 Å². The van der Waals surface area contributed by atoms with Crippen LogP contribution in [0.4, 0.5) is 27.8 Å². The van der Waals surface area contributed by atoms with Gasteiger partial charge >= 0.3 is 12.1 Å². The molecule has 1 aromatic carbocycles. The van der Waals surface area contributed by atoms with Crippen molar-refractivity contribution in [2.24, 2.45) is 0 Å². The molecular formula is C15H8ClF5N2O3. The number of halogens is 6. The number of aromatic nitrogens is 1. The average molecular weight is 395 g/mol. The summed E-state index contributed by atoms with van der Waals surface area (Å²) in [7, 11) is 0. The van der Waals surface area contributed by atoms with E-state index >= 15 is 0 Å². The summed E-state index contributed by atoms with van der Waals surface area (Å²) >= 11 is 5.60. The number of carbonyl (C=O) groups is 2. The number of rotatable bonds is 4. The first-order valence-electron chi connectivity index (χ1n) is 6.72. The smallest absolute Gasteiger partial charge is 0.417 e. The number of alkyl halides is 3. The first kappa shape index (κ1) is 19.6. The number of nitrogens with zero attached hydrogens (tertiary/aromatic N) is 1. The van der Waals surface area contributed by atoms with Gasteiger partial charge in [0.05, 0.1) is 16.1 Å². The predicted octanol–water partition coefficient (Wildman–Crippen LogP) is 3.83. The number of anilines is 1. The molecule has 0 bridgehead atoms. The van der Waals surface area contributed by atoms with Crippen molar-refractivity contribution in [1.82, 2.24) is 4.98 Å². The maximum absolute atomic E-state index is 13.0. The van der Waals surface area contributed by atoms with E-state index in [-0.39, 0.29) is 5.82 Å². The molecule has 0 fully saturated rings. The Kier molecular flexibility index (Phi) is 5.76. The molecule has 1 heterocycles. The quantitative estimate of drug-likeness (QED) is 0.632. The van der Waals surface area contributed by atoms with E-state index < -0.39 is 52.4 Å². The van der Waals surface area contributed by atoms with Gasteiger partial charge in [-0.3, -0.25) is 4.79 Å². The molecule has 2 rings (SSSR count). The lowest BCUT2D eigenvalue weighted by molar-refractivity contribution is -0.137. The van der Waals surface area contributed by atoms with Crippen LogP contribution in [-0.4, -0.2) is 23.5 Å². The lowest BCUT2D eigenvalue weighted by Gasteiger charge is -2.10. The van der Waals surface area contributed by atoms with Crippen molar-refractivity contribution < 1.29 is 36.3 Å². The zero-order valence-electron chi connectivity index (χ0n) is 12.5. The Hall–Kier alpha value is -2.75. The highest BCUT2D eigenvalue weighted by molar-refractivity contribution is 6.33. The monoisotopic (exact) mass is 394 g/mol. The van der Waals surface area contributed by atoms with Gasteiger partial charge in [0.15, 0.2) is 12.4 Å². The molecule has 11 heteroatoms. The van der Waals surface area contributed by atoms with Crippen molar-refractivity contribution in [2.75, 3.05) is 11.9 Å². The Morgan fingerprint density at radius 3 is 2.27 bits per heavy atom. The molecule has 0 radical (unpaired) electrons. The molecule has 0 atom stereocenters. The number of hydrogen-bond donors (Lipinski definition) is 1. The van der Waals surface area contributed by atoms with Gasteiger partial charge in [-0.25, -0.2) is 18.6 Å². The summed E-state index contributed by atoms with van der Waals surface area (Å²) in [5.41, 5.74) is -1.57. The Bertz CT molecular complexity index is 837. The van der Waals surface area contributed by atoms with Gasteiger partial charge in [-0.05, 0) is 18.2 Å². The van der Waals surface area contributed by atoms with Crippen molar-refractivity contribution in [1.29, 1.82) is 0 Å². The van der Waals surface area contributed by atoms with Gasteiger partial charge in [0.2, 0.25) is 0 Å². The fraction of sp³-hybridized carbons (Fsp3) is 0.133. The van der Waals surface area contributed by atoms with E-state index in [1.54, 1.807) is 0 Å². The predicted molar refractivity (Wildman–Crippen MR) is 79.5 cm³/mol. The number of amides is 1. The highest BCUT2D eigenvalue weighted by Crippen LogP contribution is 2.32. The molecule has 1 N–H and O–H groups in total. The molecule has 0 aliphatic rings. The lowest BCUT2D eigenvalue weighted by atomic mass is 10.2. The molecule has 138 valence electrons. The summed E-state index contributed by atoms with van der Waals surface area (Å²) in [5, 5.41) is 1.56. The minimum atomic E-state index is -4.66. The Labute approximate surface area is 147 Å². The van der Waals surface area contributed by atoms with Crippen molar-refractivity contribution in [2.45, 2.75) is 6.18 Å². The molecule has 5 nitrogen and oxygen atoms in total. The molecule has 0 spiro atoms. The van der Waals surface area contributed by atoms with Gasteiger partial charge in [0, 0.05) is 12.3 Å². The molecular weight excluding hydrogens is 387 g/mol. The molecule has 0 unspecified atom stereocenters. The van der Waals surface area contributed by atoms with Gasteiger partial charge in [-0.2, -0.15) is 13.2 Å². The Morgan fingerprint density at radius 2 is 1.73 bits per heavy atom. The zero-order chi connectivity index (χ0) is 19.5. The SMILES string of the molecule is O=C(COC(=O)c1cc(F)cc(F)c1)Nc1ncc(C(F)(F)F)cc1Cl. The van der Waals surface area contributed by atoms with Crippen molar-refractivity contribution in [3.05, 3.63) is 58.2 Å². The number of hydrogen-bond acceptors (Lipinski definition) is 4. The molecule has 1 aromatic heterocycles. The number of esters is 1. The van der Waals surface area contributed by atoms with Crippen LogP contribution in [0.5, 0.6) is 0 Å². The minimum Gasteiger partial charge on any atom is -0.452 e. The van der Waals surface area contributed by atoms with Crippen LogP contribution in [0.25, 0.3) is 0 Å². The van der Waals surface area contributed by atoms with Crippen LogP contribution in [0.3, 0.4) is 0 Å². The van der Waals surface area contributed by atoms with Crippen LogP contribution >= 0.6 is 11.6 Å². The van der Waals surface area contributed by atoms with Gasteiger partial charge < -0.3 is 10.1 Å². The third kappa shape index (κ3) is 5.12. The highest BCUT2D eigenvalue weighted by atomic mass is 35.5. The van der Waals surface area contributed by atoms with Crippen molar-refractivity contribution in [3.63, 3.8) is 0 Å². The third-order valence-corrected chi connectivity index (χ3v) is 3.15. The summed E-state index contributed by atoms with van der Waals surface area (Å²) in [6, 6.07) is 2.52. The van der Waals surface area contributed by atoms with Gasteiger partial charge in [0.25, 0.3) is 5.91 Å². The number of benzene rings is 1. The van der Waals surface area contributed by atoms with E-state index in [4.69, 9.17) is 11.6 Å². The van der Waals surface area contributed by atoms with Crippen LogP contribution in [0, 0.1) is 11.6 Å². The van der Waals surface area contributed by atoms with E-state index in [1.165, 1.54) is 0 Å². The summed E-state index contributed by atoms with van der Waals surface area (Å²) < 4.78 is 68.0. The summed E-state index contributed by atoms with van der Waals surface area (Å²) in [6.07, 6.45) is -4.20. The Morgan fingerprint density at radius 1 is 1.12 bits per heavy atom. The lowest BCUT2D eigenvalue weighted by Crippen LogP contribution is -2.22. The van der Waals surface area contributed by atoms with E-state index in [0.29, 0.717) is 30.5 Å². The number of carbonyl (C=O) groups excluding carboxylic acids is 2. The first-order valence-corrected chi connectivity index (χ1v) is 7.10. The molecule has 0 aliphatic heterocycles. The maximum atomic E-state index is 13.0. The Balaban J connectivity index is 1.97. The standard InChI is InChI=1S/C15H8ClF5N2O3/c16-11-3-8(15(19,20)21)5-22-13(11)23-12(24)6-26-14(25)7-1-9(17)4-10(18)2-7/h1-5H,6H2,(H,22,23,24).